The number of nitrogens with one attached hydrogen (secondary N) is 1. The normalized spacial score (nSPS) is 11.9. The maximum absolute atomic E-state index is 11.6. The second-order valence-electron chi connectivity index (χ2n) is 4.78. The third-order valence-corrected chi connectivity index (χ3v) is 4.44. The lowest BCUT2D eigenvalue weighted by atomic mass is 10.2. The molecule has 0 saturated heterocycles. The quantitative estimate of drug-likeness (QED) is 0.710. The molecular formula is C14H12ClN3O2S. The standard InChI is InChI=1S/C14H12ClN3O2S/c1-21(19,20)10-4-2-3-8(5-10)14-17-12-7-9(15)6-11(16)13(12)18-14/h2-7H,16H2,1H3,(H,17,18). The minimum atomic E-state index is -3.27. The number of aromatic amines is 1. The van der Waals surface area contributed by atoms with Gasteiger partial charge in [0.25, 0.3) is 0 Å². The van der Waals surface area contributed by atoms with Gasteiger partial charge in [-0.3, -0.25) is 0 Å². The average molecular weight is 322 g/mol. The van der Waals surface area contributed by atoms with Gasteiger partial charge in [-0.1, -0.05) is 23.7 Å². The molecule has 0 radical (unpaired) electrons. The Balaban J connectivity index is 2.19. The number of hydrogen-bond donors (Lipinski definition) is 2. The second kappa shape index (κ2) is 4.75. The Labute approximate surface area is 126 Å². The summed E-state index contributed by atoms with van der Waals surface area (Å²) in [6.45, 7) is 0. The number of sulfone groups is 1. The van der Waals surface area contributed by atoms with Crippen LogP contribution in [-0.4, -0.2) is 24.6 Å². The van der Waals surface area contributed by atoms with Crippen LogP contribution in [0, 0.1) is 0 Å². The lowest BCUT2D eigenvalue weighted by molar-refractivity contribution is 0.602. The third kappa shape index (κ3) is 2.59. The van der Waals surface area contributed by atoms with Crippen LogP contribution in [0.25, 0.3) is 22.4 Å². The molecule has 0 unspecified atom stereocenters. The van der Waals surface area contributed by atoms with Crippen LogP contribution in [0.4, 0.5) is 5.69 Å². The number of hydrogen-bond acceptors (Lipinski definition) is 4. The molecule has 0 atom stereocenters. The monoisotopic (exact) mass is 321 g/mol. The highest BCUT2D eigenvalue weighted by molar-refractivity contribution is 7.90. The van der Waals surface area contributed by atoms with Crippen molar-refractivity contribution < 1.29 is 8.42 Å². The van der Waals surface area contributed by atoms with E-state index in [1.54, 1.807) is 36.4 Å². The summed E-state index contributed by atoms with van der Waals surface area (Å²) in [5.41, 5.74) is 8.35. The van der Waals surface area contributed by atoms with Crippen LogP contribution >= 0.6 is 11.6 Å². The molecule has 0 amide bonds. The Morgan fingerprint density at radius 3 is 2.71 bits per heavy atom. The SMILES string of the molecule is CS(=O)(=O)c1cccc(-c2nc3c(N)cc(Cl)cc3[nH]2)c1. The lowest BCUT2D eigenvalue weighted by Crippen LogP contribution is -1.97. The fourth-order valence-electron chi connectivity index (χ4n) is 2.12. The van der Waals surface area contributed by atoms with Gasteiger partial charge >= 0.3 is 0 Å². The van der Waals surface area contributed by atoms with Crippen molar-refractivity contribution in [3.63, 3.8) is 0 Å². The summed E-state index contributed by atoms with van der Waals surface area (Å²) >= 11 is 5.96. The Bertz CT molecular complexity index is 948. The zero-order chi connectivity index (χ0) is 15.2. The molecule has 5 nitrogen and oxygen atoms in total. The lowest BCUT2D eigenvalue weighted by Gasteiger charge is -2.00. The maximum Gasteiger partial charge on any atom is 0.175 e. The summed E-state index contributed by atoms with van der Waals surface area (Å²) in [7, 11) is -3.27. The topological polar surface area (TPSA) is 88.8 Å². The Kier molecular flexibility index (Phi) is 3.15. The number of H-pyrrole nitrogens is 1. The van der Waals surface area contributed by atoms with Crippen LogP contribution in [0.5, 0.6) is 0 Å². The molecule has 0 spiro atoms. The highest BCUT2D eigenvalue weighted by Gasteiger charge is 2.12. The molecule has 1 heterocycles. The smallest absolute Gasteiger partial charge is 0.175 e. The fourth-order valence-corrected chi connectivity index (χ4v) is 3.01. The molecule has 3 aromatic rings. The van der Waals surface area contributed by atoms with Gasteiger partial charge in [0.2, 0.25) is 0 Å². The number of nitrogens with zero attached hydrogens (tertiary/aromatic N) is 1. The van der Waals surface area contributed by atoms with Crippen LogP contribution in [0.1, 0.15) is 0 Å². The van der Waals surface area contributed by atoms with E-state index in [4.69, 9.17) is 17.3 Å². The summed E-state index contributed by atoms with van der Waals surface area (Å²) in [6, 6.07) is 9.93. The number of fused-ring (bicyclic) bond motifs is 1. The molecule has 2 aromatic carbocycles. The van der Waals surface area contributed by atoms with Gasteiger partial charge in [-0.25, -0.2) is 13.4 Å². The number of halogens is 1. The first-order chi connectivity index (χ1) is 9.84. The van der Waals surface area contributed by atoms with Crippen LogP contribution in [0.3, 0.4) is 0 Å². The number of rotatable bonds is 2. The van der Waals surface area contributed by atoms with Crippen molar-refractivity contribution >= 4 is 38.2 Å². The van der Waals surface area contributed by atoms with E-state index in [1.165, 1.54) is 6.26 Å². The fraction of sp³-hybridized carbons (Fsp3) is 0.0714. The van der Waals surface area contributed by atoms with Gasteiger partial charge < -0.3 is 10.7 Å². The van der Waals surface area contributed by atoms with Crippen LogP contribution in [-0.2, 0) is 9.84 Å². The molecule has 0 saturated carbocycles. The summed E-state index contributed by atoms with van der Waals surface area (Å²) in [6.07, 6.45) is 1.17. The predicted molar refractivity (Wildman–Crippen MR) is 84.1 cm³/mol. The maximum atomic E-state index is 11.6. The Hall–Kier alpha value is -2.05. The zero-order valence-corrected chi connectivity index (χ0v) is 12.7. The van der Waals surface area contributed by atoms with Crippen LogP contribution in [0.2, 0.25) is 5.02 Å². The summed E-state index contributed by atoms with van der Waals surface area (Å²) < 4.78 is 23.2. The minimum Gasteiger partial charge on any atom is -0.397 e. The first-order valence-corrected chi connectivity index (χ1v) is 8.37. The van der Waals surface area contributed by atoms with E-state index in [0.717, 1.165) is 0 Å². The molecule has 3 N–H and O–H groups in total. The van der Waals surface area contributed by atoms with Crippen molar-refractivity contribution in [2.24, 2.45) is 0 Å². The molecule has 0 bridgehead atoms. The number of imidazole rings is 1. The molecule has 0 aliphatic heterocycles. The van der Waals surface area contributed by atoms with Gasteiger partial charge in [-0.2, -0.15) is 0 Å². The van der Waals surface area contributed by atoms with Gasteiger partial charge in [-0.15, -0.1) is 0 Å². The van der Waals surface area contributed by atoms with Crippen molar-refractivity contribution in [3.8, 4) is 11.4 Å². The van der Waals surface area contributed by atoms with E-state index in [2.05, 4.69) is 9.97 Å². The van der Waals surface area contributed by atoms with Gasteiger partial charge in [0.05, 0.1) is 16.1 Å². The Morgan fingerprint density at radius 2 is 2.00 bits per heavy atom. The van der Waals surface area contributed by atoms with Gasteiger partial charge in [-0.05, 0) is 24.3 Å². The summed E-state index contributed by atoms with van der Waals surface area (Å²) in [4.78, 5) is 7.76. The summed E-state index contributed by atoms with van der Waals surface area (Å²) in [5.74, 6) is 0.546. The highest BCUT2D eigenvalue weighted by Crippen LogP contribution is 2.28. The van der Waals surface area contributed by atoms with Crippen molar-refractivity contribution in [1.82, 2.24) is 9.97 Å². The second-order valence-corrected chi connectivity index (χ2v) is 7.23. The third-order valence-electron chi connectivity index (χ3n) is 3.12. The highest BCUT2D eigenvalue weighted by atomic mass is 35.5. The van der Waals surface area contributed by atoms with Gasteiger partial charge in [0.15, 0.2) is 9.84 Å². The molecular weight excluding hydrogens is 310 g/mol. The van der Waals surface area contributed by atoms with Crippen molar-refractivity contribution in [3.05, 3.63) is 41.4 Å². The van der Waals surface area contributed by atoms with Crippen molar-refractivity contribution in [1.29, 1.82) is 0 Å². The van der Waals surface area contributed by atoms with E-state index in [9.17, 15) is 8.42 Å². The van der Waals surface area contributed by atoms with E-state index >= 15 is 0 Å². The van der Waals surface area contributed by atoms with E-state index < -0.39 is 9.84 Å². The number of nitrogens with two attached hydrogens (primary N) is 1. The van der Waals surface area contributed by atoms with E-state index in [-0.39, 0.29) is 4.90 Å². The molecule has 21 heavy (non-hydrogen) atoms. The minimum absolute atomic E-state index is 0.242. The zero-order valence-electron chi connectivity index (χ0n) is 11.1. The van der Waals surface area contributed by atoms with Crippen molar-refractivity contribution in [2.75, 3.05) is 12.0 Å². The molecule has 1 aromatic heterocycles. The number of aromatic nitrogens is 2. The number of nitrogen functional groups attached to an aromatic ring is 1. The molecule has 3 rings (SSSR count). The van der Waals surface area contributed by atoms with E-state index in [1.807, 2.05) is 0 Å². The molecule has 108 valence electrons. The number of anilines is 1. The first-order valence-electron chi connectivity index (χ1n) is 6.10. The largest absolute Gasteiger partial charge is 0.397 e. The Morgan fingerprint density at radius 1 is 1.24 bits per heavy atom. The summed E-state index contributed by atoms with van der Waals surface area (Å²) in [5, 5.41) is 0.514. The molecule has 0 fully saturated rings. The van der Waals surface area contributed by atoms with Gasteiger partial charge in [0.1, 0.15) is 11.3 Å². The van der Waals surface area contributed by atoms with Crippen molar-refractivity contribution in [2.45, 2.75) is 4.90 Å². The molecule has 0 aliphatic carbocycles. The molecule has 7 heteroatoms. The average Bonchev–Trinajstić information content (AvgIpc) is 2.82. The first kappa shape index (κ1) is 13.9. The van der Waals surface area contributed by atoms with Gasteiger partial charge in [0, 0.05) is 16.8 Å². The molecule has 0 aliphatic rings. The van der Waals surface area contributed by atoms with Crippen LogP contribution in [0.15, 0.2) is 41.3 Å². The van der Waals surface area contributed by atoms with E-state index in [0.29, 0.717) is 33.1 Å². The predicted octanol–water partition coefficient (Wildman–Crippen LogP) is 2.87. The van der Waals surface area contributed by atoms with Crippen LogP contribution < -0.4 is 5.73 Å². The number of benzene rings is 2.